The third-order valence-corrected chi connectivity index (χ3v) is 5.72. The second kappa shape index (κ2) is 11.6. The Bertz CT molecular complexity index is 958. The molecular formula is C25H27BrN2O3. The van der Waals surface area contributed by atoms with E-state index in [1.165, 1.54) is 6.42 Å². The monoisotopic (exact) mass is 482 g/mol. The predicted octanol–water partition coefficient (Wildman–Crippen LogP) is 5.78. The highest BCUT2D eigenvalue weighted by Crippen LogP contribution is 2.30. The molecule has 2 aromatic rings. The zero-order valence-electron chi connectivity index (χ0n) is 17.7. The van der Waals surface area contributed by atoms with Crippen LogP contribution in [0.1, 0.15) is 50.2 Å². The van der Waals surface area contributed by atoms with Gasteiger partial charge in [-0.15, -0.1) is 0 Å². The van der Waals surface area contributed by atoms with Gasteiger partial charge < -0.3 is 14.8 Å². The van der Waals surface area contributed by atoms with Crippen LogP contribution in [0.4, 0.5) is 0 Å². The number of rotatable bonds is 8. The molecule has 0 atom stereocenters. The fourth-order valence-electron chi connectivity index (χ4n) is 3.57. The van der Waals surface area contributed by atoms with Gasteiger partial charge in [0, 0.05) is 10.5 Å². The average Bonchev–Trinajstić information content (AvgIpc) is 2.79. The Morgan fingerprint density at radius 2 is 1.87 bits per heavy atom. The number of nitrogens with one attached hydrogen (secondary N) is 1. The van der Waals surface area contributed by atoms with Gasteiger partial charge in [-0.3, -0.25) is 4.79 Å². The summed E-state index contributed by atoms with van der Waals surface area (Å²) in [6.07, 6.45) is 7.00. The van der Waals surface area contributed by atoms with Crippen molar-refractivity contribution < 1.29 is 14.3 Å². The molecule has 162 valence electrons. The first-order chi connectivity index (χ1) is 15.1. The molecule has 2 aromatic carbocycles. The summed E-state index contributed by atoms with van der Waals surface area (Å²) < 4.78 is 12.7. The zero-order valence-corrected chi connectivity index (χ0v) is 19.3. The van der Waals surface area contributed by atoms with E-state index in [4.69, 9.17) is 9.47 Å². The van der Waals surface area contributed by atoms with E-state index in [-0.39, 0.29) is 17.5 Å². The zero-order chi connectivity index (χ0) is 22.1. The van der Waals surface area contributed by atoms with Gasteiger partial charge in [-0.05, 0) is 61.2 Å². The smallest absolute Gasteiger partial charge is 0.262 e. The van der Waals surface area contributed by atoms with Crippen molar-refractivity contribution in [2.24, 2.45) is 0 Å². The largest absolute Gasteiger partial charge is 0.490 e. The van der Waals surface area contributed by atoms with Crippen LogP contribution in [0.25, 0.3) is 6.08 Å². The second-order valence-electron chi connectivity index (χ2n) is 7.53. The summed E-state index contributed by atoms with van der Waals surface area (Å²) in [6.45, 7) is 2.80. The Balaban J connectivity index is 1.72. The Hall–Kier alpha value is -2.78. The van der Waals surface area contributed by atoms with Gasteiger partial charge in [-0.1, -0.05) is 53.4 Å². The number of nitrogens with zero attached hydrogens (tertiary/aromatic N) is 1. The molecule has 0 heterocycles. The first-order valence-corrected chi connectivity index (χ1v) is 11.4. The van der Waals surface area contributed by atoms with Crippen molar-refractivity contribution in [2.45, 2.75) is 51.7 Å². The van der Waals surface area contributed by atoms with E-state index in [0.29, 0.717) is 24.7 Å². The van der Waals surface area contributed by atoms with Crippen molar-refractivity contribution in [2.75, 3.05) is 6.61 Å². The summed E-state index contributed by atoms with van der Waals surface area (Å²) in [5.41, 5.74) is 1.85. The van der Waals surface area contributed by atoms with Crippen LogP contribution in [0.15, 0.2) is 52.5 Å². The van der Waals surface area contributed by atoms with Crippen molar-refractivity contribution in [1.82, 2.24) is 5.32 Å². The van der Waals surface area contributed by atoms with Crippen LogP contribution in [-0.4, -0.2) is 18.6 Å². The van der Waals surface area contributed by atoms with Crippen molar-refractivity contribution in [3.05, 3.63) is 63.6 Å². The number of benzene rings is 2. The minimum atomic E-state index is -0.317. The van der Waals surface area contributed by atoms with Crippen LogP contribution < -0.4 is 14.8 Å². The molecule has 1 fully saturated rings. The van der Waals surface area contributed by atoms with E-state index in [1.807, 2.05) is 49.4 Å². The highest BCUT2D eigenvalue weighted by Gasteiger charge is 2.18. The van der Waals surface area contributed by atoms with Crippen molar-refractivity contribution in [3.63, 3.8) is 0 Å². The van der Waals surface area contributed by atoms with E-state index >= 15 is 0 Å². The molecule has 1 N–H and O–H groups in total. The van der Waals surface area contributed by atoms with Gasteiger partial charge in [0.05, 0.1) is 6.61 Å². The lowest BCUT2D eigenvalue weighted by atomic mass is 9.95. The summed E-state index contributed by atoms with van der Waals surface area (Å²) >= 11 is 3.43. The third-order valence-electron chi connectivity index (χ3n) is 5.19. The first-order valence-electron chi connectivity index (χ1n) is 10.7. The molecule has 5 nitrogen and oxygen atoms in total. The van der Waals surface area contributed by atoms with Crippen LogP contribution in [0.3, 0.4) is 0 Å². The second-order valence-corrected chi connectivity index (χ2v) is 8.45. The molecule has 0 unspecified atom stereocenters. The average molecular weight is 483 g/mol. The van der Waals surface area contributed by atoms with Crippen LogP contribution in [0.2, 0.25) is 0 Å². The normalized spacial score (nSPS) is 14.5. The van der Waals surface area contributed by atoms with Gasteiger partial charge >= 0.3 is 0 Å². The third kappa shape index (κ3) is 6.86. The minimum Gasteiger partial charge on any atom is -0.490 e. The van der Waals surface area contributed by atoms with Crippen molar-refractivity contribution in [1.29, 1.82) is 5.26 Å². The Morgan fingerprint density at radius 3 is 2.55 bits per heavy atom. The summed E-state index contributed by atoms with van der Waals surface area (Å²) in [4.78, 5) is 12.5. The maximum Gasteiger partial charge on any atom is 0.262 e. The van der Waals surface area contributed by atoms with Gasteiger partial charge in [0.2, 0.25) is 0 Å². The minimum absolute atomic E-state index is 0.0940. The molecule has 31 heavy (non-hydrogen) atoms. The Morgan fingerprint density at radius 1 is 1.13 bits per heavy atom. The van der Waals surface area contributed by atoms with Gasteiger partial charge in [-0.25, -0.2) is 0 Å². The van der Waals surface area contributed by atoms with Crippen molar-refractivity contribution >= 4 is 27.9 Å². The first kappa shape index (κ1) is 22.9. The van der Waals surface area contributed by atoms with E-state index in [2.05, 4.69) is 21.2 Å². The highest BCUT2D eigenvalue weighted by atomic mass is 79.9. The summed E-state index contributed by atoms with van der Waals surface area (Å²) in [5, 5.41) is 12.5. The fourth-order valence-corrected chi connectivity index (χ4v) is 3.83. The van der Waals surface area contributed by atoms with E-state index in [0.717, 1.165) is 41.3 Å². The number of carbonyl (C=O) groups is 1. The van der Waals surface area contributed by atoms with Crippen molar-refractivity contribution in [3.8, 4) is 17.6 Å². The van der Waals surface area contributed by atoms with Gasteiger partial charge in [-0.2, -0.15) is 5.26 Å². The van der Waals surface area contributed by atoms with E-state index in [9.17, 15) is 10.1 Å². The molecule has 3 rings (SSSR count). The lowest BCUT2D eigenvalue weighted by Crippen LogP contribution is -2.36. The molecule has 1 aliphatic rings. The number of nitriles is 1. The molecule has 1 saturated carbocycles. The molecule has 0 aliphatic heterocycles. The number of amides is 1. The fraction of sp³-hybridized carbons (Fsp3) is 0.360. The predicted molar refractivity (Wildman–Crippen MR) is 125 cm³/mol. The molecular weight excluding hydrogens is 456 g/mol. The molecule has 6 heteroatoms. The van der Waals surface area contributed by atoms with Crippen LogP contribution in [0, 0.1) is 11.3 Å². The lowest BCUT2D eigenvalue weighted by Gasteiger charge is -2.22. The molecule has 1 amide bonds. The van der Waals surface area contributed by atoms with Gasteiger partial charge in [0.1, 0.15) is 18.2 Å². The standard InChI is InChI=1S/C25H27BrN2O3/c1-2-30-24-15-19(10-13-23(24)31-17-18-8-11-21(26)12-9-18)14-20(16-27)25(29)28-22-6-4-3-5-7-22/h8-15,22H,2-7,17H2,1H3,(H,28,29)/b20-14+. The quantitative estimate of drug-likeness (QED) is 0.382. The molecule has 0 spiro atoms. The van der Waals surface area contributed by atoms with E-state index < -0.39 is 0 Å². The number of hydrogen-bond donors (Lipinski definition) is 1. The highest BCUT2D eigenvalue weighted by molar-refractivity contribution is 9.10. The molecule has 0 aromatic heterocycles. The number of carbonyl (C=O) groups excluding carboxylic acids is 1. The lowest BCUT2D eigenvalue weighted by molar-refractivity contribution is -0.117. The van der Waals surface area contributed by atoms with Crippen LogP contribution >= 0.6 is 15.9 Å². The van der Waals surface area contributed by atoms with Crippen LogP contribution in [0.5, 0.6) is 11.5 Å². The number of ether oxygens (including phenoxy) is 2. The SMILES string of the molecule is CCOc1cc(/C=C(\C#N)C(=O)NC2CCCCC2)ccc1OCc1ccc(Br)cc1. The van der Waals surface area contributed by atoms with Crippen LogP contribution in [-0.2, 0) is 11.4 Å². The molecule has 0 bridgehead atoms. The molecule has 0 saturated heterocycles. The number of hydrogen-bond acceptors (Lipinski definition) is 4. The topological polar surface area (TPSA) is 71.3 Å². The summed E-state index contributed by atoms with van der Waals surface area (Å²) in [5.74, 6) is 0.883. The Labute approximate surface area is 192 Å². The number of halogens is 1. The van der Waals surface area contributed by atoms with Gasteiger partial charge in [0.15, 0.2) is 11.5 Å². The maximum absolute atomic E-state index is 12.5. The summed E-state index contributed by atoms with van der Waals surface area (Å²) in [7, 11) is 0. The van der Waals surface area contributed by atoms with Gasteiger partial charge in [0.25, 0.3) is 5.91 Å². The van der Waals surface area contributed by atoms with E-state index in [1.54, 1.807) is 12.1 Å². The maximum atomic E-state index is 12.5. The Kier molecular flexibility index (Phi) is 8.54. The summed E-state index contributed by atoms with van der Waals surface area (Å²) in [6, 6.07) is 15.5. The molecule has 1 aliphatic carbocycles. The molecule has 0 radical (unpaired) electrons.